The lowest BCUT2D eigenvalue weighted by Gasteiger charge is -2.30. The molecule has 0 saturated carbocycles. The van der Waals surface area contributed by atoms with Crippen LogP contribution < -0.4 is 10.6 Å². The first-order valence-corrected chi connectivity index (χ1v) is 8.28. The maximum absolute atomic E-state index is 5.95. The molecule has 0 aliphatic carbocycles. The Kier molecular flexibility index (Phi) is 5.07. The minimum atomic E-state index is 0.397. The fourth-order valence-electron chi connectivity index (χ4n) is 3.19. The summed E-state index contributed by atoms with van der Waals surface area (Å²) in [4.78, 5) is 11.4. The highest BCUT2D eigenvalue weighted by molar-refractivity contribution is 5.47. The van der Waals surface area contributed by atoms with Gasteiger partial charge in [0.1, 0.15) is 17.5 Å². The van der Waals surface area contributed by atoms with Crippen molar-refractivity contribution in [2.45, 2.75) is 59.8 Å². The van der Waals surface area contributed by atoms with E-state index in [1.54, 1.807) is 0 Å². The first-order valence-electron chi connectivity index (χ1n) is 8.28. The molecule has 2 rings (SSSR count). The van der Waals surface area contributed by atoms with Gasteiger partial charge in [-0.1, -0.05) is 27.7 Å². The average Bonchev–Trinajstić information content (AvgIpc) is 2.63. The second-order valence-electron chi connectivity index (χ2n) is 7.30. The summed E-state index contributed by atoms with van der Waals surface area (Å²) in [5.41, 5.74) is 6.35. The zero-order valence-electron chi connectivity index (χ0n) is 14.0. The largest absolute Gasteiger partial charge is 0.384 e. The van der Waals surface area contributed by atoms with E-state index in [0.29, 0.717) is 11.2 Å². The lowest BCUT2D eigenvalue weighted by atomic mass is 9.77. The number of nitrogens with zero attached hydrogens (tertiary/aromatic N) is 3. The fourth-order valence-corrected chi connectivity index (χ4v) is 3.19. The van der Waals surface area contributed by atoms with Crippen LogP contribution in [-0.2, 0) is 6.42 Å². The lowest BCUT2D eigenvalue weighted by Crippen LogP contribution is -2.27. The molecule has 21 heavy (non-hydrogen) atoms. The van der Waals surface area contributed by atoms with E-state index in [4.69, 9.17) is 10.7 Å². The van der Waals surface area contributed by atoms with Gasteiger partial charge in [-0.2, -0.15) is 0 Å². The van der Waals surface area contributed by atoms with E-state index < -0.39 is 0 Å². The summed E-state index contributed by atoms with van der Waals surface area (Å²) in [6.45, 7) is 11.4. The van der Waals surface area contributed by atoms with Crippen LogP contribution in [0.15, 0.2) is 6.07 Å². The Labute approximate surface area is 129 Å². The number of aromatic nitrogens is 2. The zero-order valence-corrected chi connectivity index (χ0v) is 14.0. The molecule has 1 aliphatic heterocycles. The fraction of sp³-hybridized carbons (Fsp3) is 0.765. The standard InChI is InChI=1S/C17H30N4/c1-5-7-15-19-14(18)12-16(20-15)21-10-6-8-13(9-11-21)17(2,3)4/h12-13H,5-11H2,1-4H3,(H2,18,19,20). The predicted octanol–water partition coefficient (Wildman–Crippen LogP) is 3.66. The van der Waals surface area contributed by atoms with Crippen molar-refractivity contribution in [1.29, 1.82) is 0 Å². The predicted molar refractivity (Wildman–Crippen MR) is 89.4 cm³/mol. The van der Waals surface area contributed by atoms with E-state index in [1.165, 1.54) is 19.3 Å². The van der Waals surface area contributed by atoms with Gasteiger partial charge in [0, 0.05) is 25.6 Å². The summed E-state index contributed by atoms with van der Waals surface area (Å²) < 4.78 is 0. The molecule has 2 N–H and O–H groups in total. The number of nitrogens with two attached hydrogens (primary N) is 1. The Morgan fingerprint density at radius 3 is 2.67 bits per heavy atom. The molecular weight excluding hydrogens is 260 g/mol. The van der Waals surface area contributed by atoms with Crippen LogP contribution in [0.2, 0.25) is 0 Å². The Hall–Kier alpha value is -1.32. The highest BCUT2D eigenvalue weighted by Gasteiger charge is 2.27. The van der Waals surface area contributed by atoms with E-state index in [1.807, 2.05) is 6.07 Å². The molecule has 1 aromatic rings. The van der Waals surface area contributed by atoms with Crippen molar-refractivity contribution < 1.29 is 0 Å². The third kappa shape index (κ3) is 4.32. The summed E-state index contributed by atoms with van der Waals surface area (Å²) in [5, 5.41) is 0. The molecule has 1 saturated heterocycles. The van der Waals surface area contributed by atoms with Gasteiger partial charge in [-0.25, -0.2) is 9.97 Å². The Morgan fingerprint density at radius 2 is 2.00 bits per heavy atom. The number of hydrogen-bond donors (Lipinski definition) is 1. The van der Waals surface area contributed by atoms with Gasteiger partial charge in [-0.05, 0) is 37.0 Å². The van der Waals surface area contributed by atoms with Crippen LogP contribution in [0.25, 0.3) is 0 Å². The van der Waals surface area contributed by atoms with Crippen LogP contribution >= 0.6 is 0 Å². The molecule has 0 radical (unpaired) electrons. The van der Waals surface area contributed by atoms with Gasteiger partial charge in [0.15, 0.2) is 0 Å². The molecule has 1 unspecified atom stereocenters. The third-order valence-electron chi connectivity index (χ3n) is 4.53. The second kappa shape index (κ2) is 6.63. The summed E-state index contributed by atoms with van der Waals surface area (Å²) in [7, 11) is 0. The van der Waals surface area contributed by atoms with Crippen LogP contribution in [0.4, 0.5) is 11.6 Å². The maximum Gasteiger partial charge on any atom is 0.134 e. The molecule has 0 amide bonds. The van der Waals surface area contributed by atoms with Crippen molar-refractivity contribution in [3.8, 4) is 0 Å². The molecule has 1 atom stereocenters. The van der Waals surface area contributed by atoms with Gasteiger partial charge in [0.2, 0.25) is 0 Å². The average molecular weight is 290 g/mol. The van der Waals surface area contributed by atoms with E-state index in [-0.39, 0.29) is 0 Å². The maximum atomic E-state index is 5.95. The van der Waals surface area contributed by atoms with E-state index in [0.717, 1.165) is 43.5 Å². The smallest absolute Gasteiger partial charge is 0.134 e. The van der Waals surface area contributed by atoms with Crippen LogP contribution in [0.3, 0.4) is 0 Å². The Bertz CT molecular complexity index is 464. The SMILES string of the molecule is CCCc1nc(N)cc(N2CCCC(C(C)(C)C)CC2)n1. The molecule has 0 aromatic carbocycles. The molecule has 1 fully saturated rings. The van der Waals surface area contributed by atoms with E-state index in [9.17, 15) is 0 Å². The zero-order chi connectivity index (χ0) is 15.5. The molecule has 1 aromatic heterocycles. The van der Waals surface area contributed by atoms with Crippen molar-refractivity contribution in [2.24, 2.45) is 11.3 Å². The van der Waals surface area contributed by atoms with Gasteiger partial charge in [0.05, 0.1) is 0 Å². The molecule has 4 heteroatoms. The summed E-state index contributed by atoms with van der Waals surface area (Å²) >= 11 is 0. The number of rotatable bonds is 3. The van der Waals surface area contributed by atoms with Gasteiger partial charge in [-0.15, -0.1) is 0 Å². The molecule has 0 bridgehead atoms. The van der Waals surface area contributed by atoms with Crippen LogP contribution in [0.1, 0.15) is 59.2 Å². The van der Waals surface area contributed by atoms with Gasteiger partial charge in [-0.3, -0.25) is 0 Å². The van der Waals surface area contributed by atoms with E-state index in [2.05, 4.69) is 37.6 Å². The van der Waals surface area contributed by atoms with E-state index >= 15 is 0 Å². The number of aryl methyl sites for hydroxylation is 1. The van der Waals surface area contributed by atoms with Crippen molar-refractivity contribution in [1.82, 2.24) is 9.97 Å². The van der Waals surface area contributed by atoms with Crippen molar-refractivity contribution in [3.05, 3.63) is 11.9 Å². The van der Waals surface area contributed by atoms with Crippen LogP contribution in [0, 0.1) is 11.3 Å². The first-order chi connectivity index (χ1) is 9.90. The van der Waals surface area contributed by atoms with Crippen molar-refractivity contribution >= 4 is 11.6 Å². The molecular formula is C17H30N4. The molecule has 2 heterocycles. The van der Waals surface area contributed by atoms with Gasteiger partial charge < -0.3 is 10.6 Å². The molecule has 4 nitrogen and oxygen atoms in total. The molecule has 118 valence electrons. The lowest BCUT2D eigenvalue weighted by molar-refractivity contribution is 0.220. The molecule has 1 aliphatic rings. The summed E-state index contributed by atoms with van der Waals surface area (Å²) in [6, 6.07) is 1.93. The van der Waals surface area contributed by atoms with Gasteiger partial charge in [0.25, 0.3) is 0 Å². The Balaban J connectivity index is 2.12. The summed E-state index contributed by atoms with van der Waals surface area (Å²) in [5.74, 6) is 3.28. The molecule has 0 spiro atoms. The minimum Gasteiger partial charge on any atom is -0.384 e. The highest BCUT2D eigenvalue weighted by Crippen LogP contribution is 2.35. The first kappa shape index (κ1) is 16.1. The quantitative estimate of drug-likeness (QED) is 0.923. The number of anilines is 2. The number of hydrogen-bond acceptors (Lipinski definition) is 4. The van der Waals surface area contributed by atoms with Crippen molar-refractivity contribution in [2.75, 3.05) is 23.7 Å². The van der Waals surface area contributed by atoms with Crippen LogP contribution in [-0.4, -0.2) is 23.1 Å². The monoisotopic (exact) mass is 290 g/mol. The van der Waals surface area contributed by atoms with Gasteiger partial charge >= 0.3 is 0 Å². The number of nitrogen functional groups attached to an aromatic ring is 1. The van der Waals surface area contributed by atoms with Crippen LogP contribution in [0.5, 0.6) is 0 Å². The highest BCUT2D eigenvalue weighted by atomic mass is 15.2. The Morgan fingerprint density at radius 1 is 1.24 bits per heavy atom. The second-order valence-corrected chi connectivity index (χ2v) is 7.30. The normalized spacial score (nSPS) is 20.4. The minimum absolute atomic E-state index is 0.397. The van der Waals surface area contributed by atoms with Crippen molar-refractivity contribution in [3.63, 3.8) is 0 Å². The topological polar surface area (TPSA) is 55.0 Å². The summed E-state index contributed by atoms with van der Waals surface area (Å²) in [6.07, 6.45) is 5.72. The third-order valence-corrected chi connectivity index (χ3v) is 4.53.